The quantitative estimate of drug-likeness (QED) is 0.625. The number of nitrogens with one attached hydrogen (secondary N) is 2. The molecule has 0 aliphatic rings. The minimum Gasteiger partial charge on any atom is -0.459 e. The number of benzene rings is 1. The number of aryl methyl sites for hydroxylation is 1. The van der Waals surface area contributed by atoms with Crippen molar-refractivity contribution in [3.05, 3.63) is 58.0 Å². The van der Waals surface area contributed by atoms with E-state index in [9.17, 15) is 23.3 Å². The molecule has 0 bridgehead atoms. The van der Waals surface area contributed by atoms with Crippen LogP contribution in [-0.2, 0) is 10.0 Å². The van der Waals surface area contributed by atoms with Crippen LogP contribution < -0.4 is 10.3 Å². The van der Waals surface area contributed by atoms with Gasteiger partial charge in [-0.2, -0.15) is 0 Å². The van der Waals surface area contributed by atoms with E-state index >= 15 is 0 Å². The molecule has 1 aromatic carbocycles. The first-order valence-corrected chi connectivity index (χ1v) is 7.40. The van der Waals surface area contributed by atoms with Crippen molar-refractivity contribution < 1.29 is 22.6 Å². The molecule has 2 aromatic rings. The predicted octanol–water partition coefficient (Wildman–Crippen LogP) is 1.12. The van der Waals surface area contributed by atoms with Crippen LogP contribution in [0.1, 0.15) is 16.1 Å². The Hall–Kier alpha value is -2.72. The lowest BCUT2D eigenvalue weighted by Crippen LogP contribution is -2.41. The summed E-state index contributed by atoms with van der Waals surface area (Å²) < 4.78 is 29.0. The van der Waals surface area contributed by atoms with Crippen molar-refractivity contribution in [3.63, 3.8) is 0 Å². The van der Waals surface area contributed by atoms with Crippen LogP contribution in [0, 0.1) is 17.0 Å². The highest BCUT2D eigenvalue weighted by atomic mass is 32.2. The van der Waals surface area contributed by atoms with Gasteiger partial charge in [0.05, 0.1) is 16.1 Å². The van der Waals surface area contributed by atoms with Gasteiger partial charge < -0.3 is 4.42 Å². The van der Waals surface area contributed by atoms with E-state index in [-0.39, 0.29) is 16.3 Å². The van der Waals surface area contributed by atoms with Crippen molar-refractivity contribution in [3.8, 4) is 0 Å². The Kier molecular flexibility index (Phi) is 4.24. The fourth-order valence-electron chi connectivity index (χ4n) is 1.63. The fourth-order valence-corrected chi connectivity index (χ4v) is 2.73. The van der Waals surface area contributed by atoms with Gasteiger partial charge in [-0.3, -0.25) is 20.3 Å². The molecule has 0 atom stereocenters. The maximum absolute atomic E-state index is 12.1. The van der Waals surface area contributed by atoms with Gasteiger partial charge in [0.2, 0.25) is 0 Å². The van der Waals surface area contributed by atoms with E-state index < -0.39 is 20.9 Å². The lowest BCUT2D eigenvalue weighted by Gasteiger charge is -2.09. The number of furan rings is 1. The highest BCUT2D eigenvalue weighted by Crippen LogP contribution is 2.21. The predicted molar refractivity (Wildman–Crippen MR) is 74.3 cm³/mol. The normalized spacial score (nSPS) is 11.1. The molecule has 0 saturated carbocycles. The largest absolute Gasteiger partial charge is 0.459 e. The number of nitro benzene ring substituents is 1. The molecular weight excluding hydrogens is 314 g/mol. The van der Waals surface area contributed by atoms with Gasteiger partial charge in [-0.05, 0) is 24.6 Å². The zero-order valence-electron chi connectivity index (χ0n) is 11.3. The molecule has 1 aromatic heterocycles. The van der Waals surface area contributed by atoms with Crippen LogP contribution in [0.3, 0.4) is 0 Å². The maximum atomic E-state index is 12.1. The molecule has 0 fully saturated rings. The minimum atomic E-state index is -4.16. The second-order valence-corrected chi connectivity index (χ2v) is 5.89. The number of nitrogens with zero attached hydrogens (tertiary/aromatic N) is 1. The average Bonchev–Trinajstić information content (AvgIpc) is 2.99. The van der Waals surface area contributed by atoms with Gasteiger partial charge >= 0.3 is 5.91 Å². The zero-order chi connectivity index (χ0) is 16.3. The van der Waals surface area contributed by atoms with Crippen LogP contribution in [0.15, 0.2) is 45.9 Å². The van der Waals surface area contributed by atoms with Crippen LogP contribution in [0.25, 0.3) is 0 Å². The van der Waals surface area contributed by atoms with Crippen molar-refractivity contribution >= 4 is 21.6 Å². The molecule has 1 heterocycles. The number of sulfonamides is 1. The van der Waals surface area contributed by atoms with Crippen LogP contribution in [-0.4, -0.2) is 19.2 Å². The number of rotatable bonds is 5. The smallest absolute Gasteiger partial charge is 0.301 e. The Bertz CT molecular complexity index is 813. The first-order valence-electron chi connectivity index (χ1n) is 5.92. The summed E-state index contributed by atoms with van der Waals surface area (Å²) in [4.78, 5) is 23.2. The molecule has 0 saturated heterocycles. The fraction of sp³-hybridized carbons (Fsp3) is 0.0833. The molecule has 0 radical (unpaired) electrons. The monoisotopic (exact) mass is 325 g/mol. The van der Waals surface area contributed by atoms with E-state index in [0.29, 0.717) is 5.56 Å². The minimum absolute atomic E-state index is 0.0848. The topological polar surface area (TPSA) is 132 Å². The molecule has 0 aliphatic heterocycles. The highest BCUT2D eigenvalue weighted by molar-refractivity contribution is 7.89. The van der Waals surface area contributed by atoms with Crippen molar-refractivity contribution in [2.45, 2.75) is 11.8 Å². The molecule has 10 heteroatoms. The molecule has 0 unspecified atom stereocenters. The Morgan fingerprint density at radius 2 is 2.05 bits per heavy atom. The summed E-state index contributed by atoms with van der Waals surface area (Å²) in [7, 11) is -4.16. The Labute approximate surface area is 125 Å². The molecule has 0 spiro atoms. The molecule has 22 heavy (non-hydrogen) atoms. The molecule has 9 nitrogen and oxygen atoms in total. The van der Waals surface area contributed by atoms with Gasteiger partial charge in [-0.15, -0.1) is 4.83 Å². The number of non-ortho nitro benzene ring substituents is 1. The number of hydrogen-bond donors (Lipinski definition) is 2. The zero-order valence-corrected chi connectivity index (χ0v) is 12.1. The summed E-state index contributed by atoms with van der Waals surface area (Å²) in [5.74, 6) is -0.880. The molecule has 116 valence electrons. The number of carbonyl (C=O) groups excluding carboxylic acids is 1. The van der Waals surface area contributed by atoms with Crippen molar-refractivity contribution in [1.82, 2.24) is 10.3 Å². The van der Waals surface area contributed by atoms with Gasteiger partial charge in [0.25, 0.3) is 15.7 Å². The van der Waals surface area contributed by atoms with Crippen LogP contribution in [0.2, 0.25) is 0 Å². The van der Waals surface area contributed by atoms with E-state index in [1.165, 1.54) is 37.5 Å². The first-order chi connectivity index (χ1) is 10.3. The highest BCUT2D eigenvalue weighted by Gasteiger charge is 2.21. The third-order valence-corrected chi connectivity index (χ3v) is 4.11. The number of hydrazine groups is 1. The number of amides is 1. The number of carbonyl (C=O) groups is 1. The van der Waals surface area contributed by atoms with Crippen LogP contribution >= 0.6 is 0 Å². The average molecular weight is 325 g/mol. The maximum Gasteiger partial charge on any atom is 0.301 e. The first kappa shape index (κ1) is 15.7. The summed E-state index contributed by atoms with van der Waals surface area (Å²) in [5.41, 5.74) is 1.88. The lowest BCUT2D eigenvalue weighted by atomic mass is 10.2. The number of hydrogen-bond acceptors (Lipinski definition) is 6. The Morgan fingerprint density at radius 3 is 2.64 bits per heavy atom. The van der Waals surface area contributed by atoms with Gasteiger partial charge in [0, 0.05) is 12.1 Å². The lowest BCUT2D eigenvalue weighted by molar-refractivity contribution is -0.385. The SMILES string of the molecule is Cc1ccc([N+](=O)[O-])cc1S(=O)(=O)NNC(=O)c1ccco1. The third kappa shape index (κ3) is 3.30. The second kappa shape index (κ2) is 5.95. The van der Waals surface area contributed by atoms with E-state index in [0.717, 1.165) is 6.07 Å². The van der Waals surface area contributed by atoms with Gasteiger partial charge in [0.1, 0.15) is 0 Å². The summed E-state index contributed by atoms with van der Waals surface area (Å²) >= 11 is 0. The third-order valence-electron chi connectivity index (χ3n) is 2.72. The van der Waals surface area contributed by atoms with Gasteiger partial charge in [-0.25, -0.2) is 8.42 Å². The van der Waals surface area contributed by atoms with Gasteiger partial charge in [0.15, 0.2) is 5.76 Å². The summed E-state index contributed by atoms with van der Waals surface area (Å²) in [6.45, 7) is 1.48. The standard InChI is InChI=1S/C12H11N3O6S/c1-8-4-5-9(15(17)18)7-11(8)22(19,20)14-13-12(16)10-3-2-6-21-10/h2-7,14H,1H3,(H,13,16). The second-order valence-electron chi connectivity index (χ2n) is 4.24. The Morgan fingerprint density at radius 1 is 1.32 bits per heavy atom. The van der Waals surface area contributed by atoms with Crippen molar-refractivity contribution in [1.29, 1.82) is 0 Å². The van der Waals surface area contributed by atoms with Crippen LogP contribution in [0.5, 0.6) is 0 Å². The molecule has 2 N–H and O–H groups in total. The summed E-state index contributed by atoms with van der Waals surface area (Å²) in [5, 5.41) is 10.7. The molecule has 2 rings (SSSR count). The number of nitro groups is 1. The van der Waals surface area contributed by atoms with E-state index in [1.807, 2.05) is 10.3 Å². The van der Waals surface area contributed by atoms with Crippen molar-refractivity contribution in [2.75, 3.05) is 0 Å². The van der Waals surface area contributed by atoms with Crippen molar-refractivity contribution in [2.24, 2.45) is 0 Å². The van der Waals surface area contributed by atoms with E-state index in [4.69, 9.17) is 4.42 Å². The summed E-state index contributed by atoms with van der Waals surface area (Å²) in [6.07, 6.45) is 1.26. The Balaban J connectivity index is 2.22. The van der Waals surface area contributed by atoms with E-state index in [2.05, 4.69) is 0 Å². The molecular formula is C12H11N3O6S. The van der Waals surface area contributed by atoms with Gasteiger partial charge in [-0.1, -0.05) is 6.07 Å². The van der Waals surface area contributed by atoms with Crippen LogP contribution in [0.4, 0.5) is 5.69 Å². The summed E-state index contributed by atoms with van der Waals surface area (Å²) in [6, 6.07) is 6.23. The van der Waals surface area contributed by atoms with E-state index in [1.54, 1.807) is 0 Å². The molecule has 1 amide bonds. The molecule has 0 aliphatic carbocycles.